The Morgan fingerprint density at radius 3 is 2.19 bits per heavy atom. The monoisotopic (exact) mass is 574 g/mol. The number of amides is 1. The Morgan fingerprint density at radius 2 is 1.67 bits per heavy atom. The molecule has 0 saturated carbocycles. The normalized spacial score (nSPS) is 18.1. The van der Waals surface area contributed by atoms with Crippen LogP contribution in [0.3, 0.4) is 0 Å². The summed E-state index contributed by atoms with van der Waals surface area (Å²) in [5, 5.41) is 1.40. The lowest BCUT2D eigenvalue weighted by Crippen LogP contribution is -2.43. The van der Waals surface area contributed by atoms with E-state index >= 15 is 0 Å². The van der Waals surface area contributed by atoms with Crippen LogP contribution >= 0.6 is 34.8 Å². The number of nitrogens with zero attached hydrogens (tertiary/aromatic N) is 1. The first kappa shape index (κ1) is 28.1. The number of hydrogen-bond donors (Lipinski definition) is 1. The minimum absolute atomic E-state index is 0.144. The maximum atomic E-state index is 14.3. The zero-order chi connectivity index (χ0) is 27.1. The van der Waals surface area contributed by atoms with Crippen molar-refractivity contribution in [2.75, 3.05) is 20.2 Å². The second-order valence-electron chi connectivity index (χ2n) is 7.79. The average Bonchev–Trinajstić information content (AvgIpc) is 3.26. The van der Waals surface area contributed by atoms with Crippen molar-refractivity contribution in [1.82, 2.24) is 5.32 Å². The largest absolute Gasteiger partial charge is 0.468 e. The van der Waals surface area contributed by atoms with Crippen LogP contribution in [0.15, 0.2) is 35.3 Å². The van der Waals surface area contributed by atoms with E-state index in [2.05, 4.69) is 9.73 Å². The Kier molecular flexibility index (Phi) is 7.88. The van der Waals surface area contributed by atoms with Gasteiger partial charge in [-0.15, -0.1) is 0 Å². The quantitative estimate of drug-likeness (QED) is 0.260. The third-order valence-electron chi connectivity index (χ3n) is 5.61. The van der Waals surface area contributed by atoms with Gasteiger partial charge in [-0.1, -0.05) is 40.9 Å². The molecule has 194 valence electrons. The van der Waals surface area contributed by atoms with Gasteiger partial charge >= 0.3 is 18.3 Å². The molecule has 0 fully saturated rings. The second-order valence-corrected chi connectivity index (χ2v) is 8.98. The predicted molar refractivity (Wildman–Crippen MR) is 121 cm³/mol. The number of halogens is 9. The number of methoxy groups -OCH3 is 1. The topological polar surface area (TPSA) is 67.8 Å². The molecule has 2 aromatic rings. The van der Waals surface area contributed by atoms with E-state index in [1.165, 1.54) is 0 Å². The summed E-state index contributed by atoms with van der Waals surface area (Å²) in [6.45, 7) is -1.51. The molecule has 0 saturated heterocycles. The Morgan fingerprint density at radius 1 is 1.06 bits per heavy atom. The Hall–Kier alpha value is -2.50. The van der Waals surface area contributed by atoms with E-state index in [-0.39, 0.29) is 31.9 Å². The highest BCUT2D eigenvalue weighted by molar-refractivity contribution is 6.48. The van der Waals surface area contributed by atoms with Crippen molar-refractivity contribution in [3.05, 3.63) is 67.7 Å². The van der Waals surface area contributed by atoms with Gasteiger partial charge in [0.2, 0.25) is 0 Å². The van der Waals surface area contributed by atoms with Gasteiger partial charge in [0, 0.05) is 12.1 Å². The van der Waals surface area contributed by atoms with Crippen LogP contribution in [0.2, 0.25) is 15.1 Å². The van der Waals surface area contributed by atoms with Crippen molar-refractivity contribution >= 4 is 52.4 Å². The Balaban J connectivity index is 2.01. The number of alkyl halides is 6. The van der Waals surface area contributed by atoms with Crippen LogP contribution in [0.25, 0.3) is 0 Å². The molecule has 1 N–H and O–H groups in total. The van der Waals surface area contributed by atoms with Gasteiger partial charge in [-0.05, 0) is 35.4 Å². The molecule has 1 aliphatic heterocycles. The molecule has 3 rings (SSSR count). The van der Waals surface area contributed by atoms with E-state index in [4.69, 9.17) is 34.8 Å². The number of rotatable bonds is 5. The van der Waals surface area contributed by atoms with Gasteiger partial charge in [0.25, 0.3) is 5.91 Å². The zero-order valence-electron chi connectivity index (χ0n) is 18.1. The fourth-order valence-electron chi connectivity index (χ4n) is 3.68. The van der Waals surface area contributed by atoms with Crippen molar-refractivity contribution < 1.29 is 40.7 Å². The first-order chi connectivity index (χ1) is 16.6. The van der Waals surface area contributed by atoms with Gasteiger partial charge in [-0.2, -0.15) is 26.3 Å². The van der Waals surface area contributed by atoms with Crippen LogP contribution in [-0.2, 0) is 21.1 Å². The summed E-state index contributed by atoms with van der Waals surface area (Å²) in [5.74, 6) is -2.11. The van der Waals surface area contributed by atoms with Gasteiger partial charge in [-0.25, -0.2) is 0 Å². The molecule has 2 aromatic carbocycles. The summed E-state index contributed by atoms with van der Waals surface area (Å²) in [7, 11) is 1.03. The van der Waals surface area contributed by atoms with E-state index in [1.54, 1.807) is 0 Å². The van der Waals surface area contributed by atoms with Gasteiger partial charge in [0.15, 0.2) is 0 Å². The number of esters is 1. The molecular formula is C22H15Cl3F6N2O3. The van der Waals surface area contributed by atoms with Gasteiger partial charge < -0.3 is 10.1 Å². The average molecular weight is 576 g/mol. The first-order valence-electron chi connectivity index (χ1n) is 9.92. The summed E-state index contributed by atoms with van der Waals surface area (Å²) >= 11 is 17.7. The summed E-state index contributed by atoms with van der Waals surface area (Å²) in [6, 6.07) is 4.39. The fourth-order valence-corrected chi connectivity index (χ4v) is 4.27. The molecule has 0 spiro atoms. The summed E-state index contributed by atoms with van der Waals surface area (Å²) in [6.07, 6.45) is -10.7. The van der Waals surface area contributed by atoms with Crippen LogP contribution in [0.4, 0.5) is 26.3 Å². The molecular weight excluding hydrogens is 561 g/mol. The third-order valence-corrected chi connectivity index (χ3v) is 6.81. The highest BCUT2D eigenvalue weighted by atomic mass is 35.5. The number of aliphatic imine (C=N–C) groups is 1. The minimum atomic E-state index is -5.04. The van der Waals surface area contributed by atoms with Gasteiger partial charge in [0.1, 0.15) is 12.0 Å². The van der Waals surface area contributed by atoms with Crippen LogP contribution in [0, 0.1) is 0 Å². The number of hydrogen-bond acceptors (Lipinski definition) is 4. The van der Waals surface area contributed by atoms with Crippen LogP contribution in [-0.4, -0.2) is 44.0 Å². The molecule has 5 nitrogen and oxygen atoms in total. The Bertz CT molecular complexity index is 1220. The molecule has 36 heavy (non-hydrogen) atoms. The van der Waals surface area contributed by atoms with Crippen molar-refractivity contribution in [3.8, 4) is 0 Å². The van der Waals surface area contributed by atoms with Crippen LogP contribution < -0.4 is 5.32 Å². The molecule has 0 aromatic heterocycles. The molecule has 1 heterocycles. The minimum Gasteiger partial charge on any atom is -0.468 e. The van der Waals surface area contributed by atoms with Gasteiger partial charge in [0.05, 0.1) is 39.8 Å². The predicted octanol–water partition coefficient (Wildman–Crippen LogP) is 6.26. The maximum absolute atomic E-state index is 14.3. The molecule has 0 radical (unpaired) electrons. The number of carbonyl (C=O) groups is 2. The summed E-state index contributed by atoms with van der Waals surface area (Å²) in [5.41, 5.74) is -5.72. The smallest absolute Gasteiger partial charge is 0.417 e. The van der Waals surface area contributed by atoms with E-state index in [0.717, 1.165) is 31.4 Å². The number of nitrogens with one attached hydrogen (secondary N) is 1. The SMILES string of the molecule is COC(=O)CNC(=O)c1ccc(C2=NCC(c3cc(Cl)c(Cl)c(Cl)c3)(C(F)(F)F)C2)cc1C(F)(F)F. The lowest BCUT2D eigenvalue weighted by atomic mass is 9.76. The highest BCUT2D eigenvalue weighted by Crippen LogP contribution is 2.50. The second kappa shape index (κ2) is 10.1. The van der Waals surface area contributed by atoms with Crippen molar-refractivity contribution in [1.29, 1.82) is 0 Å². The zero-order valence-corrected chi connectivity index (χ0v) is 20.3. The Labute approximate surface area is 215 Å². The number of benzene rings is 2. The summed E-state index contributed by atoms with van der Waals surface area (Å²) < 4.78 is 88.5. The van der Waals surface area contributed by atoms with Crippen LogP contribution in [0.5, 0.6) is 0 Å². The fraction of sp³-hybridized carbons (Fsp3) is 0.318. The molecule has 0 bridgehead atoms. The first-order valence-corrected chi connectivity index (χ1v) is 11.1. The highest BCUT2D eigenvalue weighted by Gasteiger charge is 2.58. The standard InChI is InChI=1S/C22H15Cl3F6N2O3/c1-36-17(34)8-32-19(35)12-3-2-10(4-13(12)21(26,27)28)16-7-20(9-33-16,22(29,30)31)11-5-14(23)18(25)15(24)6-11/h2-6H,7-9H2,1H3,(H,32,35). The van der Waals surface area contributed by atoms with E-state index < -0.39 is 60.3 Å². The lowest BCUT2D eigenvalue weighted by Gasteiger charge is -2.32. The number of carbonyl (C=O) groups excluding carboxylic acids is 2. The van der Waals surface area contributed by atoms with E-state index in [9.17, 15) is 35.9 Å². The van der Waals surface area contributed by atoms with Crippen molar-refractivity contribution in [3.63, 3.8) is 0 Å². The van der Waals surface area contributed by atoms with Gasteiger partial charge in [-0.3, -0.25) is 14.6 Å². The molecule has 1 aliphatic rings. The van der Waals surface area contributed by atoms with Crippen molar-refractivity contribution in [2.24, 2.45) is 4.99 Å². The third kappa shape index (κ3) is 5.42. The molecule has 1 atom stereocenters. The lowest BCUT2D eigenvalue weighted by molar-refractivity contribution is -0.183. The molecule has 1 unspecified atom stereocenters. The molecule has 0 aliphatic carbocycles. The molecule has 14 heteroatoms. The maximum Gasteiger partial charge on any atom is 0.417 e. The van der Waals surface area contributed by atoms with Crippen LogP contribution in [0.1, 0.15) is 33.5 Å². The van der Waals surface area contributed by atoms with Crippen molar-refractivity contribution in [2.45, 2.75) is 24.2 Å². The molecule has 1 amide bonds. The summed E-state index contributed by atoms with van der Waals surface area (Å²) in [4.78, 5) is 27.3. The van der Waals surface area contributed by atoms with E-state index in [1.807, 2.05) is 5.32 Å². The van der Waals surface area contributed by atoms with E-state index in [0.29, 0.717) is 6.07 Å². The number of ether oxygens (including phenoxy) is 1.